The summed E-state index contributed by atoms with van der Waals surface area (Å²) in [6.45, 7) is 3.11. The molecule has 5 heteroatoms. The molecule has 1 aromatic carbocycles. The van der Waals surface area contributed by atoms with Gasteiger partial charge in [-0.15, -0.1) is 0 Å². The molecule has 1 fully saturated rings. The quantitative estimate of drug-likeness (QED) is 0.834. The third kappa shape index (κ3) is 3.35. The molecule has 0 radical (unpaired) electrons. The second-order valence-electron chi connectivity index (χ2n) is 6.05. The Bertz CT molecular complexity index is 690. The molecule has 0 amide bonds. The van der Waals surface area contributed by atoms with Crippen LogP contribution in [-0.2, 0) is 0 Å². The highest BCUT2D eigenvalue weighted by atomic mass is 35.5. The fraction of sp³-hybridized carbons (Fsp3) is 0.444. The van der Waals surface area contributed by atoms with E-state index in [9.17, 15) is 0 Å². The number of benzene rings is 1. The molecule has 0 aliphatic heterocycles. The lowest BCUT2D eigenvalue weighted by atomic mass is 9.89. The number of nitrogens with zero attached hydrogens (tertiary/aromatic N) is 4. The summed E-state index contributed by atoms with van der Waals surface area (Å²) >= 11 is 6.22. The van der Waals surface area contributed by atoms with Crippen molar-refractivity contribution in [1.29, 1.82) is 5.26 Å². The maximum absolute atomic E-state index is 9.04. The number of hydrogen-bond acceptors (Lipinski definition) is 3. The van der Waals surface area contributed by atoms with Gasteiger partial charge in [0.05, 0.1) is 16.9 Å². The van der Waals surface area contributed by atoms with E-state index in [-0.39, 0.29) is 0 Å². The largest absolute Gasteiger partial charge is 0.369 e. The zero-order valence-electron chi connectivity index (χ0n) is 13.3. The van der Waals surface area contributed by atoms with Crippen molar-refractivity contribution < 1.29 is 0 Å². The molecule has 0 saturated heterocycles. The van der Waals surface area contributed by atoms with Crippen LogP contribution in [0.4, 0.5) is 5.69 Å². The van der Waals surface area contributed by atoms with Gasteiger partial charge in [0.15, 0.2) is 0 Å². The van der Waals surface area contributed by atoms with E-state index in [1.807, 2.05) is 30.7 Å². The zero-order chi connectivity index (χ0) is 16.2. The first kappa shape index (κ1) is 15.9. The molecule has 2 aromatic rings. The molecule has 1 heterocycles. The van der Waals surface area contributed by atoms with E-state index in [1.165, 1.54) is 19.3 Å². The van der Waals surface area contributed by atoms with Crippen LogP contribution in [0.1, 0.15) is 44.2 Å². The van der Waals surface area contributed by atoms with E-state index < -0.39 is 0 Å². The summed E-state index contributed by atoms with van der Waals surface area (Å²) in [5.41, 5.74) is 1.64. The molecule has 0 bridgehead atoms. The number of anilines is 1. The normalized spacial score (nSPS) is 20.9. The molecular formula is C18H21ClN4. The van der Waals surface area contributed by atoms with Crippen LogP contribution in [0.5, 0.6) is 0 Å². The average Bonchev–Trinajstić information content (AvgIpc) is 3.11. The number of nitriles is 1. The third-order valence-corrected chi connectivity index (χ3v) is 5.06. The highest BCUT2D eigenvalue weighted by Gasteiger charge is 2.27. The van der Waals surface area contributed by atoms with E-state index in [0.29, 0.717) is 22.7 Å². The molecule has 1 aliphatic carbocycles. The molecule has 1 aromatic heterocycles. The zero-order valence-corrected chi connectivity index (χ0v) is 14.1. The molecule has 2 unspecified atom stereocenters. The summed E-state index contributed by atoms with van der Waals surface area (Å²) in [6, 6.07) is 8.87. The second-order valence-corrected chi connectivity index (χ2v) is 6.45. The molecule has 4 nitrogen and oxygen atoms in total. The van der Waals surface area contributed by atoms with E-state index >= 15 is 0 Å². The monoisotopic (exact) mass is 328 g/mol. The molecule has 120 valence electrons. The van der Waals surface area contributed by atoms with E-state index in [1.54, 1.807) is 0 Å². The van der Waals surface area contributed by atoms with Crippen molar-refractivity contribution in [3.63, 3.8) is 0 Å². The Labute approximate surface area is 142 Å². The summed E-state index contributed by atoms with van der Waals surface area (Å²) in [7, 11) is 0. The first-order chi connectivity index (χ1) is 11.2. The number of halogens is 1. The Morgan fingerprint density at radius 1 is 1.43 bits per heavy atom. The minimum absolute atomic E-state index is 0.491. The summed E-state index contributed by atoms with van der Waals surface area (Å²) in [5, 5.41) is 9.57. The van der Waals surface area contributed by atoms with Gasteiger partial charge in [-0.05, 0) is 50.8 Å². The van der Waals surface area contributed by atoms with Gasteiger partial charge in [-0.2, -0.15) is 5.26 Å². The molecule has 1 saturated carbocycles. The summed E-state index contributed by atoms with van der Waals surface area (Å²) < 4.78 is 2.23. The van der Waals surface area contributed by atoms with Gasteiger partial charge in [-0.3, -0.25) is 0 Å². The van der Waals surface area contributed by atoms with Gasteiger partial charge in [0.2, 0.25) is 0 Å². The van der Waals surface area contributed by atoms with Crippen LogP contribution in [0, 0.1) is 11.3 Å². The molecule has 23 heavy (non-hydrogen) atoms. The Morgan fingerprint density at radius 3 is 2.96 bits per heavy atom. The number of rotatable bonds is 4. The van der Waals surface area contributed by atoms with Crippen molar-refractivity contribution in [3.05, 3.63) is 47.5 Å². The van der Waals surface area contributed by atoms with Crippen LogP contribution in [0.3, 0.4) is 0 Å². The van der Waals surface area contributed by atoms with Gasteiger partial charge in [0, 0.05) is 36.7 Å². The second kappa shape index (κ2) is 7.06. The standard InChI is InChI=1S/C18H21ClN4/c1-2-23(17-7-6-14(12-20)18(19)11-17)16-5-3-4-15(10-16)22-9-8-21-13-22/h6-9,11,13,15-16H,2-5,10H2,1H3. The van der Waals surface area contributed by atoms with E-state index in [0.717, 1.165) is 18.7 Å². The van der Waals surface area contributed by atoms with Crippen LogP contribution in [0.2, 0.25) is 5.02 Å². The van der Waals surface area contributed by atoms with Gasteiger partial charge in [-0.1, -0.05) is 11.6 Å². The fourth-order valence-electron chi connectivity index (χ4n) is 3.60. The van der Waals surface area contributed by atoms with Crippen LogP contribution in [0.15, 0.2) is 36.9 Å². The molecule has 1 aliphatic rings. The summed E-state index contributed by atoms with van der Waals surface area (Å²) in [4.78, 5) is 6.59. The number of aromatic nitrogens is 2. The fourth-order valence-corrected chi connectivity index (χ4v) is 3.82. The Hall–Kier alpha value is -1.99. The van der Waals surface area contributed by atoms with Crippen molar-refractivity contribution in [3.8, 4) is 6.07 Å². The number of hydrogen-bond donors (Lipinski definition) is 0. The lowest BCUT2D eigenvalue weighted by Gasteiger charge is -2.39. The summed E-state index contributed by atoms with van der Waals surface area (Å²) in [5.74, 6) is 0. The predicted molar refractivity (Wildman–Crippen MR) is 92.7 cm³/mol. The maximum Gasteiger partial charge on any atom is 0.101 e. The lowest BCUT2D eigenvalue weighted by Crippen LogP contribution is -2.39. The van der Waals surface area contributed by atoms with Crippen molar-refractivity contribution in [2.75, 3.05) is 11.4 Å². The maximum atomic E-state index is 9.04. The third-order valence-electron chi connectivity index (χ3n) is 4.75. The van der Waals surface area contributed by atoms with E-state index in [4.69, 9.17) is 16.9 Å². The van der Waals surface area contributed by atoms with Gasteiger partial charge in [0.1, 0.15) is 6.07 Å². The highest BCUT2D eigenvalue weighted by Crippen LogP contribution is 2.34. The van der Waals surface area contributed by atoms with Crippen LogP contribution < -0.4 is 4.90 Å². The van der Waals surface area contributed by atoms with Gasteiger partial charge < -0.3 is 9.47 Å². The lowest BCUT2D eigenvalue weighted by molar-refractivity contribution is 0.309. The van der Waals surface area contributed by atoms with Crippen molar-refractivity contribution >= 4 is 17.3 Å². The predicted octanol–water partition coefficient (Wildman–Crippen LogP) is 4.42. The van der Waals surface area contributed by atoms with Gasteiger partial charge in [-0.25, -0.2) is 4.98 Å². The van der Waals surface area contributed by atoms with Crippen LogP contribution >= 0.6 is 11.6 Å². The molecule has 0 N–H and O–H groups in total. The first-order valence-corrected chi connectivity index (χ1v) is 8.54. The minimum Gasteiger partial charge on any atom is -0.369 e. The topological polar surface area (TPSA) is 44.9 Å². The highest BCUT2D eigenvalue weighted by molar-refractivity contribution is 6.32. The first-order valence-electron chi connectivity index (χ1n) is 8.16. The van der Waals surface area contributed by atoms with Crippen LogP contribution in [-0.4, -0.2) is 22.1 Å². The Morgan fingerprint density at radius 2 is 2.30 bits per heavy atom. The Balaban J connectivity index is 1.80. The smallest absolute Gasteiger partial charge is 0.101 e. The number of imidazole rings is 1. The average molecular weight is 329 g/mol. The van der Waals surface area contributed by atoms with Crippen LogP contribution in [0.25, 0.3) is 0 Å². The molecular weight excluding hydrogens is 308 g/mol. The summed E-state index contributed by atoms with van der Waals surface area (Å²) in [6.07, 6.45) is 10.6. The van der Waals surface area contributed by atoms with Crippen molar-refractivity contribution in [2.45, 2.75) is 44.7 Å². The SMILES string of the molecule is CCN(c1ccc(C#N)c(Cl)c1)C1CCCC(n2ccnc2)C1. The molecule has 3 rings (SSSR count). The van der Waals surface area contributed by atoms with Gasteiger partial charge >= 0.3 is 0 Å². The van der Waals surface area contributed by atoms with E-state index in [2.05, 4.69) is 33.6 Å². The van der Waals surface area contributed by atoms with Crippen molar-refractivity contribution in [2.24, 2.45) is 0 Å². The molecule has 0 spiro atoms. The Kier molecular flexibility index (Phi) is 4.88. The molecule has 2 atom stereocenters. The minimum atomic E-state index is 0.491. The van der Waals surface area contributed by atoms with Gasteiger partial charge in [0.25, 0.3) is 0 Å². The van der Waals surface area contributed by atoms with Crippen molar-refractivity contribution in [1.82, 2.24) is 9.55 Å².